The number of hydrogen-bond acceptors (Lipinski definition) is 5. The molecule has 0 spiro atoms. The Balaban J connectivity index is 1.55. The minimum Gasteiger partial charge on any atom is -0.467 e. The summed E-state index contributed by atoms with van der Waals surface area (Å²) in [5.41, 5.74) is 2.97. The summed E-state index contributed by atoms with van der Waals surface area (Å²) in [6.45, 7) is 5.59. The fourth-order valence-corrected chi connectivity index (χ4v) is 4.28. The molecule has 1 amide bonds. The number of rotatable bonds is 4. The van der Waals surface area contributed by atoms with E-state index >= 15 is 0 Å². The van der Waals surface area contributed by atoms with Crippen molar-refractivity contribution in [1.82, 2.24) is 20.2 Å². The van der Waals surface area contributed by atoms with Gasteiger partial charge in [0.05, 0.1) is 5.69 Å². The van der Waals surface area contributed by atoms with Gasteiger partial charge in [0.15, 0.2) is 12.4 Å². The zero-order valence-corrected chi connectivity index (χ0v) is 17.7. The van der Waals surface area contributed by atoms with E-state index in [1.165, 1.54) is 0 Å². The third-order valence-electron chi connectivity index (χ3n) is 5.49. The van der Waals surface area contributed by atoms with Crippen LogP contribution >= 0.6 is 11.6 Å². The predicted octanol–water partition coefficient (Wildman–Crippen LogP) is 3.26. The van der Waals surface area contributed by atoms with Crippen LogP contribution in [0, 0.1) is 0 Å². The van der Waals surface area contributed by atoms with Crippen LogP contribution in [0.2, 0.25) is 5.02 Å². The number of nitrogens with one attached hydrogen (secondary N) is 1. The van der Waals surface area contributed by atoms with E-state index in [4.69, 9.17) is 21.3 Å². The van der Waals surface area contributed by atoms with E-state index in [1.54, 1.807) is 0 Å². The molecule has 4 rings (SSSR count). The molecule has 1 aromatic heterocycles. The average molecular weight is 415 g/mol. The van der Waals surface area contributed by atoms with E-state index in [0.717, 1.165) is 42.5 Å². The van der Waals surface area contributed by atoms with Gasteiger partial charge in [-0.15, -0.1) is 0 Å². The van der Waals surface area contributed by atoms with E-state index in [-0.39, 0.29) is 24.6 Å². The smallest absolute Gasteiger partial charge is 0.260 e. The number of halogens is 1. The average Bonchev–Trinajstić information content (AvgIpc) is 2.71. The molecule has 6 nitrogen and oxygen atoms in total. The lowest BCUT2D eigenvalue weighted by atomic mass is 9.96. The predicted molar refractivity (Wildman–Crippen MR) is 113 cm³/mol. The molecule has 0 unspecified atom stereocenters. The maximum atomic E-state index is 12.7. The van der Waals surface area contributed by atoms with E-state index in [1.807, 2.05) is 29.2 Å². The van der Waals surface area contributed by atoms with Crippen LogP contribution in [-0.2, 0) is 17.6 Å². The van der Waals surface area contributed by atoms with Gasteiger partial charge in [-0.25, -0.2) is 4.98 Å². The molecular weight excluding hydrogens is 388 g/mol. The van der Waals surface area contributed by atoms with Crippen molar-refractivity contribution in [2.24, 2.45) is 0 Å². The second kappa shape index (κ2) is 8.67. The van der Waals surface area contributed by atoms with Gasteiger partial charge in [-0.2, -0.15) is 4.98 Å². The zero-order chi connectivity index (χ0) is 20.4. The first-order chi connectivity index (χ1) is 14.0. The van der Waals surface area contributed by atoms with Crippen molar-refractivity contribution in [1.29, 1.82) is 0 Å². The van der Waals surface area contributed by atoms with E-state index in [9.17, 15) is 4.79 Å². The number of fused-ring (bicyclic) bond motifs is 1. The lowest BCUT2D eigenvalue weighted by Gasteiger charge is -2.36. The van der Waals surface area contributed by atoms with Crippen LogP contribution in [0.4, 0.5) is 0 Å². The Hall–Kier alpha value is -2.18. The molecule has 154 valence electrons. The van der Waals surface area contributed by atoms with Crippen molar-refractivity contribution in [3.05, 3.63) is 40.5 Å². The number of amides is 1. The first-order valence-electron chi connectivity index (χ1n) is 10.3. The summed E-state index contributed by atoms with van der Waals surface area (Å²) in [6.07, 6.45) is 4.00. The Bertz CT molecular complexity index is 877. The lowest BCUT2D eigenvalue weighted by Crippen LogP contribution is -2.56. The summed E-state index contributed by atoms with van der Waals surface area (Å²) in [5.74, 6) is 1.17. The van der Waals surface area contributed by atoms with Gasteiger partial charge in [-0.3, -0.25) is 4.79 Å². The summed E-state index contributed by atoms with van der Waals surface area (Å²) in [5, 5.41) is 4.12. The SMILES string of the molecule is C[C@@H]1CN(C(=O)COc2nc(-c3ccc(Cl)cc3)nc3c2CCCC3)C[C@H](C)N1. The van der Waals surface area contributed by atoms with Crippen LogP contribution in [-0.4, -0.2) is 52.6 Å². The fraction of sp³-hybridized carbons (Fsp3) is 0.500. The van der Waals surface area contributed by atoms with Crippen molar-refractivity contribution in [2.45, 2.75) is 51.6 Å². The lowest BCUT2D eigenvalue weighted by molar-refractivity contribution is -0.135. The quantitative estimate of drug-likeness (QED) is 0.831. The summed E-state index contributed by atoms with van der Waals surface area (Å²) >= 11 is 6.01. The Kier molecular flexibility index (Phi) is 6.01. The topological polar surface area (TPSA) is 67.4 Å². The van der Waals surface area contributed by atoms with Gasteiger partial charge >= 0.3 is 0 Å². The maximum Gasteiger partial charge on any atom is 0.260 e. The number of hydrogen-bond donors (Lipinski definition) is 1. The van der Waals surface area contributed by atoms with Gasteiger partial charge in [-0.05, 0) is 63.8 Å². The van der Waals surface area contributed by atoms with Crippen LogP contribution in [0.3, 0.4) is 0 Å². The molecule has 1 aliphatic carbocycles. The number of ether oxygens (including phenoxy) is 1. The highest BCUT2D eigenvalue weighted by Crippen LogP contribution is 2.30. The first kappa shape index (κ1) is 20.1. The standard InChI is InChI=1S/C22H27ClN4O2/c1-14-11-27(12-15(2)24-14)20(28)13-29-22-18-5-3-4-6-19(18)25-21(26-22)16-7-9-17(23)10-8-16/h7-10,14-15,24H,3-6,11-13H2,1-2H3/t14-,15+. The fourth-order valence-electron chi connectivity index (χ4n) is 4.16. The largest absolute Gasteiger partial charge is 0.467 e. The number of benzene rings is 1. The highest BCUT2D eigenvalue weighted by Gasteiger charge is 2.26. The molecule has 2 aromatic rings. The van der Waals surface area contributed by atoms with Crippen LogP contribution in [0.5, 0.6) is 5.88 Å². The monoisotopic (exact) mass is 414 g/mol. The summed E-state index contributed by atoms with van der Waals surface area (Å²) in [7, 11) is 0. The van der Waals surface area contributed by atoms with E-state index in [0.29, 0.717) is 29.8 Å². The molecular formula is C22H27ClN4O2. The Morgan fingerprint density at radius 1 is 1.14 bits per heavy atom. The second-order valence-electron chi connectivity index (χ2n) is 8.05. The minimum absolute atomic E-state index is 0.00131. The molecule has 29 heavy (non-hydrogen) atoms. The molecule has 7 heteroatoms. The molecule has 0 radical (unpaired) electrons. The number of aromatic nitrogens is 2. The molecule has 2 heterocycles. The second-order valence-corrected chi connectivity index (χ2v) is 8.48. The van der Waals surface area contributed by atoms with Crippen LogP contribution < -0.4 is 10.1 Å². The molecule has 0 saturated carbocycles. The molecule has 1 aliphatic heterocycles. The van der Waals surface area contributed by atoms with Crippen LogP contribution in [0.15, 0.2) is 24.3 Å². The number of carbonyl (C=O) groups is 1. The third-order valence-corrected chi connectivity index (χ3v) is 5.74. The number of nitrogens with zero attached hydrogens (tertiary/aromatic N) is 3. The van der Waals surface area contributed by atoms with Gasteiger partial charge in [0, 0.05) is 41.3 Å². The molecule has 1 N–H and O–H groups in total. The molecule has 1 fully saturated rings. The Morgan fingerprint density at radius 2 is 1.83 bits per heavy atom. The van der Waals surface area contributed by atoms with E-state index in [2.05, 4.69) is 24.1 Å². The van der Waals surface area contributed by atoms with Gasteiger partial charge in [0.25, 0.3) is 5.91 Å². The Morgan fingerprint density at radius 3 is 2.55 bits per heavy atom. The van der Waals surface area contributed by atoms with Crippen molar-refractivity contribution < 1.29 is 9.53 Å². The number of aryl methyl sites for hydroxylation is 1. The van der Waals surface area contributed by atoms with Gasteiger partial charge in [0.2, 0.25) is 5.88 Å². The first-order valence-corrected chi connectivity index (χ1v) is 10.7. The van der Waals surface area contributed by atoms with Crippen LogP contribution in [0.25, 0.3) is 11.4 Å². The molecule has 1 saturated heterocycles. The Labute approximate surface area is 176 Å². The van der Waals surface area contributed by atoms with Crippen molar-refractivity contribution in [3.63, 3.8) is 0 Å². The minimum atomic E-state index is 0.00131. The van der Waals surface area contributed by atoms with Gasteiger partial charge in [0.1, 0.15) is 0 Å². The summed E-state index contributed by atoms with van der Waals surface area (Å²) in [6, 6.07) is 8.04. The van der Waals surface area contributed by atoms with Crippen LogP contribution in [0.1, 0.15) is 37.9 Å². The van der Waals surface area contributed by atoms with Crippen molar-refractivity contribution >= 4 is 17.5 Å². The molecule has 1 aromatic carbocycles. The third kappa shape index (κ3) is 4.70. The number of carbonyl (C=O) groups excluding carboxylic acids is 1. The normalized spacial score (nSPS) is 21.6. The van der Waals surface area contributed by atoms with Gasteiger partial charge in [-0.1, -0.05) is 11.6 Å². The van der Waals surface area contributed by atoms with Gasteiger partial charge < -0.3 is 15.0 Å². The highest BCUT2D eigenvalue weighted by atomic mass is 35.5. The summed E-state index contributed by atoms with van der Waals surface area (Å²) in [4.78, 5) is 24.1. The zero-order valence-electron chi connectivity index (χ0n) is 16.9. The number of piperazine rings is 1. The summed E-state index contributed by atoms with van der Waals surface area (Å²) < 4.78 is 5.99. The molecule has 0 bridgehead atoms. The molecule has 2 atom stereocenters. The van der Waals surface area contributed by atoms with E-state index < -0.39 is 0 Å². The molecule has 2 aliphatic rings. The maximum absolute atomic E-state index is 12.7. The van der Waals surface area contributed by atoms with Crippen molar-refractivity contribution in [2.75, 3.05) is 19.7 Å². The highest BCUT2D eigenvalue weighted by molar-refractivity contribution is 6.30. The van der Waals surface area contributed by atoms with Crippen molar-refractivity contribution in [3.8, 4) is 17.3 Å².